The first-order valence-electron chi connectivity index (χ1n) is 5.67. The van der Waals surface area contributed by atoms with Crippen LogP contribution in [0.3, 0.4) is 0 Å². The molecule has 96 valence electrons. The molecule has 0 aliphatic carbocycles. The van der Waals surface area contributed by atoms with Crippen LogP contribution in [0, 0.1) is 5.82 Å². The number of hydrogen-bond acceptors (Lipinski definition) is 5. The van der Waals surface area contributed by atoms with E-state index in [0.717, 1.165) is 0 Å². The smallest absolute Gasteiger partial charge is 0.160 e. The Labute approximate surface area is 108 Å². The van der Waals surface area contributed by atoms with E-state index >= 15 is 0 Å². The minimum atomic E-state index is -0.313. The average molecular weight is 258 g/mol. The van der Waals surface area contributed by atoms with Gasteiger partial charge in [0.1, 0.15) is 5.82 Å². The van der Waals surface area contributed by atoms with Crippen molar-refractivity contribution in [3.8, 4) is 0 Å². The van der Waals surface area contributed by atoms with Crippen molar-refractivity contribution in [2.75, 3.05) is 17.7 Å². The van der Waals surface area contributed by atoms with E-state index in [-0.39, 0.29) is 5.82 Å². The molecule has 1 heterocycles. The van der Waals surface area contributed by atoms with Crippen LogP contribution in [0.5, 0.6) is 0 Å². The van der Waals surface area contributed by atoms with E-state index in [1.807, 2.05) is 0 Å². The highest BCUT2D eigenvalue weighted by atomic mass is 19.1. The highest BCUT2D eigenvalue weighted by molar-refractivity contribution is 5.96. The van der Waals surface area contributed by atoms with Crippen molar-refractivity contribution in [2.45, 2.75) is 0 Å². The van der Waals surface area contributed by atoms with Gasteiger partial charge in [0.25, 0.3) is 0 Å². The van der Waals surface area contributed by atoms with Crippen molar-refractivity contribution in [1.82, 2.24) is 10.3 Å². The number of hydrogen-bond donors (Lipinski definition) is 1. The summed E-state index contributed by atoms with van der Waals surface area (Å²) in [5.41, 5.74) is 8.35. The molecular weight excluding hydrogens is 247 g/mol. The lowest BCUT2D eigenvalue weighted by atomic mass is 10.2. The molecule has 0 aliphatic heterocycles. The van der Waals surface area contributed by atoms with Crippen LogP contribution in [0.2, 0.25) is 0 Å². The van der Waals surface area contributed by atoms with Crippen molar-refractivity contribution in [2.24, 2.45) is 0 Å². The molecular formula is C13H11FN4O. The summed E-state index contributed by atoms with van der Waals surface area (Å²) < 4.78 is 18.5. The number of para-hydroxylation sites is 1. The first-order valence-corrected chi connectivity index (χ1v) is 5.67. The van der Waals surface area contributed by atoms with Crippen LogP contribution >= 0.6 is 0 Å². The van der Waals surface area contributed by atoms with Gasteiger partial charge >= 0.3 is 0 Å². The topological polar surface area (TPSA) is 68.2 Å². The lowest BCUT2D eigenvalue weighted by Crippen LogP contribution is -2.11. The second-order valence-electron chi connectivity index (χ2n) is 4.15. The predicted octanol–water partition coefficient (Wildman–Crippen LogP) is 2.71. The van der Waals surface area contributed by atoms with Crippen molar-refractivity contribution in [3.63, 3.8) is 0 Å². The summed E-state index contributed by atoms with van der Waals surface area (Å²) in [4.78, 5) is 1.68. The van der Waals surface area contributed by atoms with E-state index in [9.17, 15) is 4.39 Å². The number of rotatable bonds is 2. The summed E-state index contributed by atoms with van der Waals surface area (Å²) in [5.74, 6) is -0.313. The Morgan fingerprint density at radius 3 is 2.58 bits per heavy atom. The highest BCUT2D eigenvalue weighted by Crippen LogP contribution is 2.32. The summed E-state index contributed by atoms with van der Waals surface area (Å²) in [7, 11) is 1.75. The SMILES string of the molecule is CN(c1ccccc1F)c1ccc(N)c2nonc12. The van der Waals surface area contributed by atoms with Crippen LogP contribution in [0.25, 0.3) is 11.0 Å². The maximum absolute atomic E-state index is 13.8. The molecule has 2 N–H and O–H groups in total. The standard InChI is InChI=1S/C13H11FN4O/c1-18(10-5-3-2-4-8(10)14)11-7-6-9(15)12-13(11)17-19-16-12/h2-7H,15H2,1H3. The second kappa shape index (κ2) is 4.24. The van der Waals surface area contributed by atoms with Crippen LogP contribution in [0.1, 0.15) is 0 Å². The quantitative estimate of drug-likeness (QED) is 0.716. The first-order chi connectivity index (χ1) is 9.18. The summed E-state index contributed by atoms with van der Waals surface area (Å²) in [6.45, 7) is 0. The Kier molecular flexibility index (Phi) is 2.56. The Hall–Kier alpha value is -2.63. The molecule has 0 saturated carbocycles. The maximum atomic E-state index is 13.8. The molecule has 0 amide bonds. The number of nitrogens with zero attached hydrogens (tertiary/aromatic N) is 3. The monoisotopic (exact) mass is 258 g/mol. The maximum Gasteiger partial charge on any atom is 0.160 e. The molecule has 0 saturated heterocycles. The van der Waals surface area contributed by atoms with E-state index in [4.69, 9.17) is 10.4 Å². The highest BCUT2D eigenvalue weighted by Gasteiger charge is 2.16. The fraction of sp³-hybridized carbons (Fsp3) is 0.0769. The van der Waals surface area contributed by atoms with E-state index in [2.05, 4.69) is 10.3 Å². The third kappa shape index (κ3) is 1.77. The first kappa shape index (κ1) is 11.5. The molecule has 0 spiro atoms. The Bertz CT molecular complexity index is 740. The zero-order chi connectivity index (χ0) is 13.4. The van der Waals surface area contributed by atoms with Gasteiger partial charge in [-0.1, -0.05) is 12.1 Å². The molecule has 3 aromatic rings. The minimum absolute atomic E-state index is 0.313. The van der Waals surface area contributed by atoms with Crippen LogP contribution in [0.15, 0.2) is 41.0 Å². The van der Waals surface area contributed by atoms with Crippen LogP contribution < -0.4 is 10.6 Å². The second-order valence-corrected chi connectivity index (χ2v) is 4.15. The summed E-state index contributed by atoms with van der Waals surface area (Å²) in [6, 6.07) is 9.95. The number of aromatic nitrogens is 2. The van der Waals surface area contributed by atoms with Gasteiger partial charge in [0.2, 0.25) is 0 Å². The minimum Gasteiger partial charge on any atom is -0.397 e. The van der Waals surface area contributed by atoms with Gasteiger partial charge in [-0.25, -0.2) is 9.02 Å². The van der Waals surface area contributed by atoms with Crippen molar-refractivity contribution in [1.29, 1.82) is 0 Å². The third-order valence-electron chi connectivity index (χ3n) is 3.00. The number of benzene rings is 2. The fourth-order valence-electron chi connectivity index (χ4n) is 2.00. The van der Waals surface area contributed by atoms with Gasteiger partial charge in [0, 0.05) is 7.05 Å². The van der Waals surface area contributed by atoms with Crippen LogP contribution in [-0.4, -0.2) is 17.4 Å². The van der Waals surface area contributed by atoms with E-state index in [1.54, 1.807) is 42.3 Å². The molecule has 19 heavy (non-hydrogen) atoms. The molecule has 0 radical (unpaired) electrons. The Balaban J connectivity index is 2.17. The average Bonchev–Trinajstić information content (AvgIpc) is 2.89. The van der Waals surface area contributed by atoms with E-state index in [1.165, 1.54) is 6.07 Å². The molecule has 0 bridgehead atoms. The van der Waals surface area contributed by atoms with Gasteiger partial charge < -0.3 is 10.6 Å². The van der Waals surface area contributed by atoms with Gasteiger partial charge in [0.05, 0.1) is 17.1 Å². The molecule has 5 nitrogen and oxygen atoms in total. The summed E-state index contributed by atoms with van der Waals surface area (Å²) in [6.07, 6.45) is 0. The Morgan fingerprint density at radius 2 is 1.79 bits per heavy atom. The third-order valence-corrected chi connectivity index (χ3v) is 3.00. The largest absolute Gasteiger partial charge is 0.397 e. The molecule has 0 aliphatic rings. The van der Waals surface area contributed by atoms with Gasteiger partial charge in [-0.3, -0.25) is 0 Å². The predicted molar refractivity (Wildman–Crippen MR) is 70.7 cm³/mol. The van der Waals surface area contributed by atoms with Crippen LogP contribution in [0.4, 0.5) is 21.5 Å². The van der Waals surface area contributed by atoms with Crippen LogP contribution in [-0.2, 0) is 0 Å². The van der Waals surface area contributed by atoms with Gasteiger partial charge in [-0.15, -0.1) is 0 Å². The number of halogens is 1. The lowest BCUT2D eigenvalue weighted by molar-refractivity contribution is 0.315. The molecule has 0 unspecified atom stereocenters. The zero-order valence-electron chi connectivity index (χ0n) is 10.2. The number of fused-ring (bicyclic) bond motifs is 1. The summed E-state index contributed by atoms with van der Waals surface area (Å²) in [5, 5.41) is 7.57. The van der Waals surface area contributed by atoms with E-state index < -0.39 is 0 Å². The normalized spacial score (nSPS) is 10.8. The lowest BCUT2D eigenvalue weighted by Gasteiger charge is -2.20. The van der Waals surface area contributed by atoms with Gasteiger partial charge in [0.15, 0.2) is 11.0 Å². The molecule has 6 heteroatoms. The molecule has 1 aromatic heterocycles. The molecule has 0 atom stereocenters. The fourth-order valence-corrected chi connectivity index (χ4v) is 2.00. The van der Waals surface area contributed by atoms with Gasteiger partial charge in [-0.05, 0) is 34.6 Å². The zero-order valence-corrected chi connectivity index (χ0v) is 10.2. The van der Waals surface area contributed by atoms with Gasteiger partial charge in [-0.2, -0.15) is 0 Å². The number of anilines is 3. The molecule has 3 rings (SSSR count). The van der Waals surface area contributed by atoms with Crippen molar-refractivity contribution < 1.29 is 9.02 Å². The molecule has 2 aromatic carbocycles. The molecule has 0 fully saturated rings. The summed E-state index contributed by atoms with van der Waals surface area (Å²) >= 11 is 0. The Morgan fingerprint density at radius 1 is 1.05 bits per heavy atom. The van der Waals surface area contributed by atoms with E-state index in [0.29, 0.717) is 28.1 Å². The number of nitrogens with two attached hydrogens (primary N) is 1. The van der Waals surface area contributed by atoms with Crippen molar-refractivity contribution in [3.05, 3.63) is 42.2 Å². The van der Waals surface area contributed by atoms with Crippen molar-refractivity contribution >= 4 is 28.1 Å². The number of nitrogen functional groups attached to an aromatic ring is 1.